The first-order valence-corrected chi connectivity index (χ1v) is 11.2. The minimum Gasteiger partial charge on any atom is -1.00 e. The summed E-state index contributed by atoms with van der Waals surface area (Å²) >= 11 is -0.227. The van der Waals surface area contributed by atoms with E-state index in [1.165, 1.54) is 0 Å². The zero-order chi connectivity index (χ0) is 34.5. The number of hydrogen-bond acceptors (Lipinski definition) is 8. The Morgan fingerprint density at radius 1 is 0.622 bits per heavy atom. The van der Waals surface area contributed by atoms with Gasteiger partial charge < -0.3 is 19.4 Å². The molecule has 7 nitrogen and oxygen atoms in total. The molecule has 0 aliphatic heterocycles. The Balaban J connectivity index is -0.00000882. The van der Waals surface area contributed by atoms with E-state index in [2.05, 4.69) is 18.8 Å². The van der Waals surface area contributed by atoms with E-state index >= 15 is 0 Å². The summed E-state index contributed by atoms with van der Waals surface area (Å²) in [5.41, 5.74) is 0. The predicted molar refractivity (Wildman–Crippen MR) is 95.7 cm³/mol. The summed E-state index contributed by atoms with van der Waals surface area (Å²) in [6.45, 7) is -4.08. The minimum atomic E-state index is -7.28. The molecule has 0 fully saturated rings. The molecule has 0 radical (unpaired) electrons. The fourth-order valence-corrected chi connectivity index (χ4v) is 2.93. The molecule has 0 aromatic rings. The van der Waals surface area contributed by atoms with Crippen LogP contribution >= 0.6 is 12.0 Å². The number of carbonyl (C=O) groups excluding carboxylic acids is 2. The van der Waals surface area contributed by atoms with E-state index in [0.29, 0.717) is 0 Å². The topological polar surface area (TPSA) is 94.1 Å². The number of carbonyl (C=O) groups is 2. The molecule has 0 aliphatic carbocycles. The van der Waals surface area contributed by atoms with Gasteiger partial charge in [-0.3, -0.25) is 14.6 Å². The van der Waals surface area contributed by atoms with E-state index in [4.69, 9.17) is 0 Å². The Hall–Kier alpha value is -1.16. The monoisotopic (exact) mass is 745 g/mol. The van der Waals surface area contributed by atoms with Crippen LogP contribution in [0.15, 0.2) is 0 Å². The normalized spacial score (nSPS) is 14.6. The van der Waals surface area contributed by atoms with E-state index < -0.39 is 104 Å². The van der Waals surface area contributed by atoms with Crippen LogP contribution in [0.25, 0.3) is 0 Å². The first kappa shape index (κ1) is 48.2. The standard InChI is InChI=1S/C17H14F18O7S.FH.Na/c18-10(19,12(22,23)14(26,27)16(30,31)32)1-3-39-8(36)5-7(6-43-42-41-38)9(37)40-4-2-11(20,21)13(24,25)15(28,29)17(33,34)35;;/h7,38H,1-6H2;1H;/q;;+1/p-2. The van der Waals surface area contributed by atoms with Crippen LogP contribution in [0.2, 0.25) is 0 Å². The molecule has 0 rings (SSSR count). The van der Waals surface area contributed by atoms with Crippen molar-refractivity contribution in [3.05, 3.63) is 0 Å². The Morgan fingerprint density at radius 3 is 1.31 bits per heavy atom. The zero-order valence-corrected chi connectivity index (χ0v) is 24.1. The third kappa shape index (κ3) is 11.2. The summed E-state index contributed by atoms with van der Waals surface area (Å²) in [7, 11) is 0. The quantitative estimate of drug-likeness (QED) is 0.0381. The van der Waals surface area contributed by atoms with Crippen molar-refractivity contribution in [3.63, 3.8) is 0 Å². The van der Waals surface area contributed by atoms with Gasteiger partial charge in [0, 0.05) is 17.8 Å². The van der Waals surface area contributed by atoms with Crippen molar-refractivity contribution in [2.45, 2.75) is 67.2 Å². The predicted octanol–water partition coefficient (Wildman–Crippen LogP) is -0.325. The minimum absolute atomic E-state index is 0. The van der Waals surface area contributed by atoms with Crippen molar-refractivity contribution in [2.24, 2.45) is 5.92 Å². The van der Waals surface area contributed by atoms with Gasteiger partial charge in [0.15, 0.2) is 0 Å². The third-order valence-corrected chi connectivity index (χ3v) is 5.54. The molecule has 28 heteroatoms. The number of alkyl halides is 18. The van der Waals surface area contributed by atoms with E-state index in [1.54, 1.807) is 0 Å². The van der Waals surface area contributed by atoms with Crippen molar-refractivity contribution in [1.82, 2.24) is 0 Å². The molecule has 0 spiro atoms. The number of hydrogen-bond donors (Lipinski definition) is 0. The molecule has 1 unspecified atom stereocenters. The Bertz CT molecular complexity index is 945. The summed E-state index contributed by atoms with van der Waals surface area (Å²) in [5.74, 6) is -48.3. The molecular weight excluding hydrogens is 732 g/mol. The summed E-state index contributed by atoms with van der Waals surface area (Å²) in [4.78, 5) is 23.7. The van der Waals surface area contributed by atoms with Crippen molar-refractivity contribution in [3.8, 4) is 0 Å². The summed E-state index contributed by atoms with van der Waals surface area (Å²) in [6, 6.07) is 0. The average molecular weight is 745 g/mol. The molecule has 264 valence electrons. The molecule has 0 aromatic carbocycles. The molecule has 0 amide bonds. The van der Waals surface area contributed by atoms with Gasteiger partial charge in [-0.25, -0.2) is 0 Å². The van der Waals surface area contributed by atoms with Crippen LogP contribution in [0.1, 0.15) is 19.3 Å². The Morgan fingerprint density at radius 2 is 0.978 bits per heavy atom. The molecular formula is C17H13F19NaO7S-. The molecule has 0 saturated heterocycles. The average Bonchev–Trinajstić information content (AvgIpc) is 2.81. The second-order valence-electron chi connectivity index (χ2n) is 7.91. The van der Waals surface area contributed by atoms with Gasteiger partial charge in [-0.15, -0.1) is 0 Å². The van der Waals surface area contributed by atoms with Gasteiger partial charge in [-0.2, -0.15) is 83.4 Å². The number of esters is 2. The van der Waals surface area contributed by atoms with Gasteiger partial charge >= 0.3 is 89.4 Å². The van der Waals surface area contributed by atoms with Gasteiger partial charge in [0.2, 0.25) is 0 Å². The van der Waals surface area contributed by atoms with Crippen LogP contribution in [-0.2, 0) is 28.4 Å². The molecule has 0 aliphatic rings. The molecule has 0 N–H and O–H groups in total. The number of halogens is 19. The largest absolute Gasteiger partial charge is 1.00 e. The van der Waals surface area contributed by atoms with E-state index in [0.717, 1.165) is 0 Å². The van der Waals surface area contributed by atoms with Gasteiger partial charge in [0.1, 0.15) is 0 Å². The van der Waals surface area contributed by atoms with E-state index in [-0.39, 0.29) is 46.3 Å². The third-order valence-electron chi connectivity index (χ3n) is 4.85. The second-order valence-corrected chi connectivity index (χ2v) is 8.62. The molecule has 0 bridgehead atoms. The maximum atomic E-state index is 13.5. The maximum Gasteiger partial charge on any atom is 1.00 e. The Kier molecular flexibility index (Phi) is 18.0. The van der Waals surface area contributed by atoms with Crippen LogP contribution in [0.4, 0.5) is 79.0 Å². The van der Waals surface area contributed by atoms with Crippen LogP contribution in [-0.4, -0.2) is 78.8 Å². The van der Waals surface area contributed by atoms with E-state index in [9.17, 15) is 93.9 Å². The van der Waals surface area contributed by atoms with Gasteiger partial charge in [-0.05, 0) is 0 Å². The van der Waals surface area contributed by atoms with Gasteiger partial charge in [-0.1, -0.05) is 0 Å². The Labute approximate surface area is 262 Å². The molecule has 0 aromatic heterocycles. The summed E-state index contributed by atoms with van der Waals surface area (Å²) in [6.07, 6.45) is -21.2. The van der Waals surface area contributed by atoms with Crippen LogP contribution in [0.3, 0.4) is 0 Å². The van der Waals surface area contributed by atoms with Gasteiger partial charge in [0.25, 0.3) is 0 Å². The van der Waals surface area contributed by atoms with Crippen molar-refractivity contribution < 1.29 is 147 Å². The second kappa shape index (κ2) is 16.8. The van der Waals surface area contributed by atoms with Gasteiger partial charge in [0.05, 0.1) is 38.4 Å². The zero-order valence-electron chi connectivity index (χ0n) is 21.3. The van der Waals surface area contributed by atoms with Crippen molar-refractivity contribution in [2.75, 3.05) is 19.0 Å². The van der Waals surface area contributed by atoms with Crippen LogP contribution in [0.5, 0.6) is 0 Å². The van der Waals surface area contributed by atoms with Crippen molar-refractivity contribution in [1.29, 1.82) is 0 Å². The van der Waals surface area contributed by atoms with E-state index in [1.807, 2.05) is 0 Å². The number of rotatable bonds is 17. The maximum absolute atomic E-state index is 13.5. The van der Waals surface area contributed by atoms with Crippen LogP contribution in [0, 0.1) is 5.92 Å². The summed E-state index contributed by atoms with van der Waals surface area (Å²) in [5, 5.41) is 12.6. The molecule has 0 saturated carbocycles. The summed E-state index contributed by atoms with van der Waals surface area (Å²) < 4.78 is 242. The fourth-order valence-electron chi connectivity index (χ4n) is 2.42. The molecule has 1 atom stereocenters. The van der Waals surface area contributed by atoms with Crippen molar-refractivity contribution >= 4 is 24.0 Å². The fraction of sp³-hybridized carbons (Fsp3) is 0.882. The number of ether oxygens (including phenoxy) is 2. The molecule has 0 heterocycles. The van der Waals surface area contributed by atoms with Crippen LogP contribution < -0.4 is 39.5 Å². The SMILES string of the molecule is O=C(CC(CSOO[O-])C(=O)OCCC(F)(F)C(F)(F)C(F)(F)C(F)(F)F)OCCC(F)(F)C(F)(F)C(F)(F)C(F)(F)F.[F-].[Na+]. The first-order valence-electron chi connectivity index (χ1n) is 10.3. The smallest absolute Gasteiger partial charge is 1.00 e. The first-order chi connectivity index (χ1) is 18.9. The molecule has 45 heavy (non-hydrogen) atoms.